The smallest absolute Gasteiger partial charge is 0.255 e. The maximum absolute atomic E-state index is 13.8. The van der Waals surface area contributed by atoms with Crippen LogP contribution in [0.15, 0.2) is 59.1 Å². The van der Waals surface area contributed by atoms with Crippen molar-refractivity contribution >= 4 is 62.0 Å². The number of carbonyl (C=O) groups is 4. The Kier molecular flexibility index (Phi) is 8.55. The molecule has 0 aliphatic heterocycles. The van der Waals surface area contributed by atoms with Gasteiger partial charge in [0.25, 0.3) is 5.91 Å². The molecule has 0 aromatic heterocycles. The van der Waals surface area contributed by atoms with Gasteiger partial charge in [-0.05, 0) is 62.2 Å². The van der Waals surface area contributed by atoms with Crippen LogP contribution in [0.3, 0.4) is 0 Å². The van der Waals surface area contributed by atoms with Crippen molar-refractivity contribution in [1.82, 2.24) is 4.90 Å². The second kappa shape index (κ2) is 11.4. The van der Waals surface area contributed by atoms with Crippen molar-refractivity contribution in [2.24, 2.45) is 17.6 Å². The number of phenolic OH excluding ortho intramolecular Hbond substituents is 2. The fourth-order valence-electron chi connectivity index (χ4n) is 6.32. The molecule has 0 spiro atoms. The molecule has 8 N–H and O–H groups in total. The fraction of sp³-hybridized carbons (Fsp3) is 0.310. The minimum absolute atomic E-state index is 0. The highest BCUT2D eigenvalue weighted by molar-refractivity contribution is 9.09. The second-order valence-electron chi connectivity index (χ2n) is 10.9. The number of alkyl halides is 1. The van der Waals surface area contributed by atoms with Crippen LogP contribution in [0.5, 0.6) is 11.5 Å². The molecule has 0 fully saturated rings. The number of aliphatic hydroxyl groups is 3. The van der Waals surface area contributed by atoms with E-state index < -0.39 is 74.5 Å². The Balaban J connectivity index is 0.00000423. The quantitative estimate of drug-likeness (QED) is 0.136. The van der Waals surface area contributed by atoms with Crippen LogP contribution in [0.4, 0.5) is 5.69 Å². The summed E-state index contributed by atoms with van der Waals surface area (Å²) in [4.78, 5) is 52.8. The Morgan fingerprint density at radius 3 is 2.28 bits per heavy atom. The highest BCUT2D eigenvalue weighted by Gasteiger charge is 2.63. The van der Waals surface area contributed by atoms with E-state index in [-0.39, 0.29) is 52.4 Å². The first-order chi connectivity index (χ1) is 19.7. The third-order valence-corrected chi connectivity index (χ3v) is 9.21. The lowest BCUT2D eigenvalue weighted by Crippen LogP contribution is -2.63. The average Bonchev–Trinajstić information content (AvgIpc) is 2.91. The number of nitrogens with two attached hydrogens (primary N) is 1. The van der Waals surface area contributed by atoms with Crippen LogP contribution in [0.2, 0.25) is 0 Å². The molecule has 5 rings (SSSR count). The number of hydrogen-bond donors (Lipinski definition) is 7. The van der Waals surface area contributed by atoms with Gasteiger partial charge in [-0.25, -0.2) is 0 Å². The molecule has 2 aromatic carbocycles. The zero-order chi connectivity index (χ0) is 30.8. The van der Waals surface area contributed by atoms with Gasteiger partial charge in [-0.1, -0.05) is 34.1 Å². The Labute approximate surface area is 264 Å². The van der Waals surface area contributed by atoms with Crippen LogP contribution in [0.25, 0.3) is 0 Å². The largest absolute Gasteiger partial charge is 0.510 e. The normalized spacial score (nSPS) is 25.4. The molecule has 2 amide bonds. The molecule has 2 aromatic rings. The molecule has 3 aliphatic rings. The van der Waals surface area contributed by atoms with Crippen LogP contribution in [-0.2, 0) is 20.8 Å². The van der Waals surface area contributed by atoms with E-state index in [1.54, 1.807) is 20.2 Å². The summed E-state index contributed by atoms with van der Waals surface area (Å²) in [5.74, 6) is -8.03. The van der Waals surface area contributed by atoms with Crippen LogP contribution in [0.1, 0.15) is 32.7 Å². The van der Waals surface area contributed by atoms with E-state index in [1.807, 2.05) is 0 Å². The molecule has 5 atom stereocenters. The molecule has 4 unspecified atom stereocenters. The van der Waals surface area contributed by atoms with E-state index in [1.165, 1.54) is 35.2 Å². The second-order valence-corrected chi connectivity index (χ2v) is 11.8. The van der Waals surface area contributed by atoms with E-state index in [0.29, 0.717) is 11.1 Å². The van der Waals surface area contributed by atoms with E-state index in [0.717, 1.165) is 0 Å². The van der Waals surface area contributed by atoms with Crippen LogP contribution in [-0.4, -0.2) is 79.6 Å². The van der Waals surface area contributed by atoms with Gasteiger partial charge in [0.15, 0.2) is 17.1 Å². The molecular formula is C29H29Br2N3O9. The number of phenols is 2. The summed E-state index contributed by atoms with van der Waals surface area (Å²) in [6.07, 6.45) is 0.105. The van der Waals surface area contributed by atoms with Gasteiger partial charge in [-0.2, -0.15) is 0 Å². The van der Waals surface area contributed by atoms with Crippen molar-refractivity contribution in [3.8, 4) is 11.5 Å². The number of aromatic hydroxyl groups is 2. The number of aliphatic hydroxyl groups excluding tert-OH is 2. The van der Waals surface area contributed by atoms with Crippen molar-refractivity contribution in [1.29, 1.82) is 0 Å². The number of ketones is 2. The number of hydrogen-bond acceptors (Lipinski definition) is 10. The molecule has 228 valence electrons. The maximum atomic E-state index is 13.8. The Morgan fingerprint density at radius 1 is 1.07 bits per heavy atom. The fourth-order valence-corrected chi connectivity index (χ4v) is 6.74. The third-order valence-electron chi connectivity index (χ3n) is 8.27. The topological polar surface area (TPSA) is 211 Å². The Hall–Kier alpha value is -3.72. The number of rotatable bonds is 5. The summed E-state index contributed by atoms with van der Waals surface area (Å²) in [5.41, 5.74) is 2.06. The van der Waals surface area contributed by atoms with Gasteiger partial charge in [-0.15, -0.1) is 17.0 Å². The van der Waals surface area contributed by atoms with Crippen molar-refractivity contribution in [3.63, 3.8) is 0 Å². The predicted molar refractivity (Wildman–Crippen MR) is 162 cm³/mol. The number of halogens is 2. The summed E-state index contributed by atoms with van der Waals surface area (Å²) in [7, 11) is 3.11. The molecule has 0 heterocycles. The summed E-state index contributed by atoms with van der Waals surface area (Å²) >= 11 is 3.28. The molecule has 3 aliphatic carbocycles. The van der Waals surface area contributed by atoms with E-state index >= 15 is 0 Å². The number of nitrogens with zero attached hydrogens (tertiary/aromatic N) is 1. The maximum Gasteiger partial charge on any atom is 0.255 e. The first kappa shape index (κ1) is 32.2. The lowest BCUT2D eigenvalue weighted by Gasteiger charge is -2.50. The van der Waals surface area contributed by atoms with Gasteiger partial charge in [0.05, 0.1) is 17.3 Å². The highest BCUT2D eigenvalue weighted by Crippen LogP contribution is 2.52. The number of primary amides is 1. The molecule has 14 heteroatoms. The zero-order valence-electron chi connectivity index (χ0n) is 22.9. The van der Waals surface area contributed by atoms with Gasteiger partial charge in [0.2, 0.25) is 11.7 Å². The van der Waals surface area contributed by atoms with Crippen molar-refractivity contribution in [2.75, 3.05) is 19.4 Å². The summed E-state index contributed by atoms with van der Waals surface area (Å²) in [5, 5.41) is 57.0. The Bertz CT molecular complexity index is 1620. The van der Waals surface area contributed by atoms with Crippen molar-refractivity contribution in [3.05, 3.63) is 75.8 Å². The molecule has 0 radical (unpaired) electrons. The van der Waals surface area contributed by atoms with Gasteiger partial charge in [0.1, 0.15) is 27.7 Å². The zero-order valence-corrected chi connectivity index (χ0v) is 26.2. The number of amides is 2. The van der Waals surface area contributed by atoms with E-state index in [2.05, 4.69) is 21.2 Å². The number of carbonyl (C=O) groups excluding carboxylic acids is 4. The number of allylic oxidation sites excluding steroid dienone is 1. The van der Waals surface area contributed by atoms with Gasteiger partial charge >= 0.3 is 0 Å². The summed E-state index contributed by atoms with van der Waals surface area (Å²) in [6.45, 7) is 0. The van der Waals surface area contributed by atoms with Gasteiger partial charge in [0, 0.05) is 11.5 Å². The van der Waals surface area contributed by atoms with Crippen molar-refractivity contribution in [2.45, 2.75) is 29.3 Å². The predicted octanol–water partition coefficient (Wildman–Crippen LogP) is 2.48. The van der Waals surface area contributed by atoms with Crippen LogP contribution in [0, 0.1) is 11.8 Å². The van der Waals surface area contributed by atoms with E-state index in [9.17, 15) is 44.7 Å². The highest BCUT2D eigenvalue weighted by atomic mass is 79.9. The third kappa shape index (κ3) is 4.91. The van der Waals surface area contributed by atoms with Crippen molar-refractivity contribution < 1.29 is 44.7 Å². The Morgan fingerprint density at radius 2 is 1.70 bits per heavy atom. The standard InChI is InChI=1S/C29H28BrN3O9.BrH/c1-33(2)21-15-10-13-9-12-5-8-16(32-28(41)20(30)11-3-6-14(34)7-4-11)22(35)17(12)23(36)18(13)25(38)29(15,42)26(39)19(24(21)37)27(31)40;/h3-8,13,15,20-21,34-35,37-38,42H,9-10H2,1-2H3,(H2,31,40)(H,32,41);1H/t13?,15?,20?,21-,29?;/m0./s1. The minimum Gasteiger partial charge on any atom is -0.510 e. The lowest BCUT2D eigenvalue weighted by atomic mass is 9.58. The van der Waals surface area contributed by atoms with Gasteiger partial charge < -0.3 is 36.6 Å². The number of fused-ring (bicyclic) bond motifs is 3. The first-order valence-corrected chi connectivity index (χ1v) is 13.8. The number of anilines is 1. The summed E-state index contributed by atoms with van der Waals surface area (Å²) < 4.78 is 0. The number of benzene rings is 2. The molecular weight excluding hydrogens is 694 g/mol. The number of Topliss-reactive ketones (excluding diaryl/α,β-unsaturated/α-hetero) is 2. The number of nitrogens with one attached hydrogen (secondary N) is 1. The summed E-state index contributed by atoms with van der Waals surface area (Å²) in [6, 6.07) is 7.80. The van der Waals surface area contributed by atoms with Crippen LogP contribution < -0.4 is 11.1 Å². The monoisotopic (exact) mass is 721 g/mol. The molecule has 0 bridgehead atoms. The molecule has 43 heavy (non-hydrogen) atoms. The number of likely N-dealkylation sites (N-methyl/N-ethyl adjacent to an activating group) is 1. The average molecular weight is 723 g/mol. The van der Waals surface area contributed by atoms with E-state index in [4.69, 9.17) is 5.73 Å². The molecule has 0 saturated heterocycles. The van der Waals surface area contributed by atoms with Gasteiger partial charge in [-0.3, -0.25) is 24.1 Å². The molecule has 0 saturated carbocycles. The van der Waals surface area contributed by atoms with Crippen LogP contribution >= 0.6 is 32.9 Å². The molecule has 12 nitrogen and oxygen atoms in total. The lowest BCUT2D eigenvalue weighted by molar-refractivity contribution is -0.148. The first-order valence-electron chi connectivity index (χ1n) is 12.9. The minimum atomic E-state index is -2.74. The SMILES string of the molecule is Br.CN(C)[C@@H]1C(O)=C(C(N)=O)C(=O)C2(O)C(O)=C3C(=O)c4c(ccc(NC(=O)C(Br)c5ccc(O)cc5)c4O)CC3CC12.